The van der Waals surface area contributed by atoms with E-state index in [1.54, 1.807) is 17.7 Å². The minimum absolute atomic E-state index is 0.183. The number of aliphatic hydroxyl groups excluding tert-OH is 1. The van der Waals surface area contributed by atoms with Crippen LogP contribution in [-0.2, 0) is 4.74 Å². The molecule has 2 aromatic rings. The summed E-state index contributed by atoms with van der Waals surface area (Å²) in [6.45, 7) is 6.99. The van der Waals surface area contributed by atoms with Crippen LogP contribution in [0.2, 0.25) is 0 Å². The molecule has 0 aromatic carbocycles. The summed E-state index contributed by atoms with van der Waals surface area (Å²) in [5, 5.41) is 29.5. The number of aliphatic hydroxyl groups is 3. The molecule has 0 radical (unpaired) electrons. The first-order valence-corrected chi connectivity index (χ1v) is 9.03. The van der Waals surface area contributed by atoms with E-state index in [4.69, 9.17) is 20.1 Å². The van der Waals surface area contributed by atoms with Gasteiger partial charge in [0.05, 0.1) is 28.0 Å². The van der Waals surface area contributed by atoms with Crippen molar-refractivity contribution >= 4 is 28.1 Å². The van der Waals surface area contributed by atoms with E-state index in [0.717, 1.165) is 30.3 Å². The maximum Gasteiger partial charge on any atom is 0.156 e. The fraction of sp³-hybridized carbons (Fsp3) is 0.647. The molecule has 1 aliphatic rings. The number of ether oxygens (including phenoxy) is 1. The van der Waals surface area contributed by atoms with Gasteiger partial charge < -0.3 is 25.4 Å². The molecule has 3 unspecified atom stereocenters. The fourth-order valence-corrected chi connectivity index (χ4v) is 3.85. The highest BCUT2D eigenvalue weighted by molar-refractivity contribution is 7.11. The molecule has 142 valence electrons. The van der Waals surface area contributed by atoms with Crippen molar-refractivity contribution in [3.05, 3.63) is 16.6 Å². The SMILES string of the molecule is CC(C)(O)O.CNc1ncnc2c(C3OC(C)CC3C)scc12.CO. The number of nitrogens with zero attached hydrogens (tertiary/aromatic N) is 2. The van der Waals surface area contributed by atoms with Gasteiger partial charge in [-0.25, -0.2) is 9.97 Å². The highest BCUT2D eigenvalue weighted by atomic mass is 32.1. The van der Waals surface area contributed by atoms with Crippen molar-refractivity contribution in [2.75, 3.05) is 19.5 Å². The summed E-state index contributed by atoms with van der Waals surface area (Å²) in [4.78, 5) is 9.91. The van der Waals surface area contributed by atoms with Crippen LogP contribution < -0.4 is 5.32 Å². The molecule has 3 heterocycles. The van der Waals surface area contributed by atoms with Crippen LogP contribution in [-0.4, -0.2) is 51.3 Å². The van der Waals surface area contributed by atoms with Crippen LogP contribution in [0.4, 0.5) is 5.82 Å². The summed E-state index contributed by atoms with van der Waals surface area (Å²) in [5.74, 6) is -0.0592. The lowest BCUT2D eigenvalue weighted by molar-refractivity contribution is -0.127. The van der Waals surface area contributed by atoms with Crippen LogP contribution in [0.25, 0.3) is 10.9 Å². The van der Waals surface area contributed by atoms with Gasteiger partial charge in [-0.05, 0) is 33.1 Å². The van der Waals surface area contributed by atoms with Gasteiger partial charge in [-0.2, -0.15) is 0 Å². The molecule has 4 N–H and O–H groups in total. The molecule has 3 rings (SSSR count). The van der Waals surface area contributed by atoms with E-state index in [1.165, 1.54) is 18.7 Å². The maximum absolute atomic E-state index is 8.08. The van der Waals surface area contributed by atoms with Crippen molar-refractivity contribution in [2.24, 2.45) is 5.92 Å². The van der Waals surface area contributed by atoms with Crippen LogP contribution in [0.3, 0.4) is 0 Å². The molecule has 3 atom stereocenters. The van der Waals surface area contributed by atoms with E-state index >= 15 is 0 Å². The average molecular weight is 372 g/mol. The molecule has 0 bridgehead atoms. The van der Waals surface area contributed by atoms with Gasteiger partial charge in [0.2, 0.25) is 0 Å². The van der Waals surface area contributed by atoms with Gasteiger partial charge in [0.15, 0.2) is 5.79 Å². The molecule has 0 spiro atoms. The number of rotatable bonds is 2. The van der Waals surface area contributed by atoms with Crippen molar-refractivity contribution in [1.82, 2.24) is 9.97 Å². The Morgan fingerprint density at radius 2 is 1.84 bits per heavy atom. The molecule has 0 amide bonds. The number of aromatic nitrogens is 2. The molecule has 8 heteroatoms. The molecular weight excluding hydrogens is 342 g/mol. The number of nitrogens with one attached hydrogen (secondary N) is 1. The average Bonchev–Trinajstić information content (AvgIpc) is 3.10. The molecule has 7 nitrogen and oxygen atoms in total. The summed E-state index contributed by atoms with van der Waals surface area (Å²) < 4.78 is 6.03. The monoisotopic (exact) mass is 371 g/mol. The quantitative estimate of drug-likeness (QED) is 0.601. The highest BCUT2D eigenvalue weighted by Gasteiger charge is 2.33. The Morgan fingerprint density at radius 3 is 2.32 bits per heavy atom. The lowest BCUT2D eigenvalue weighted by Gasteiger charge is -2.13. The number of fused-ring (bicyclic) bond motifs is 1. The van der Waals surface area contributed by atoms with E-state index in [0.29, 0.717) is 12.0 Å². The summed E-state index contributed by atoms with van der Waals surface area (Å²) in [6, 6.07) is 0. The van der Waals surface area contributed by atoms with E-state index in [1.807, 2.05) is 7.05 Å². The molecule has 1 saturated heterocycles. The highest BCUT2D eigenvalue weighted by Crippen LogP contribution is 2.43. The summed E-state index contributed by atoms with van der Waals surface area (Å²) >= 11 is 1.73. The molecular formula is C17H29N3O4S. The molecule has 1 aliphatic heterocycles. The first kappa shape index (κ1) is 21.7. The summed E-state index contributed by atoms with van der Waals surface area (Å²) in [5.41, 5.74) is 1.03. The second kappa shape index (κ2) is 9.40. The number of thiophene rings is 1. The largest absolute Gasteiger partial charge is 0.400 e. The third-order valence-electron chi connectivity index (χ3n) is 3.52. The van der Waals surface area contributed by atoms with Gasteiger partial charge in [-0.15, -0.1) is 11.3 Å². The first-order valence-electron chi connectivity index (χ1n) is 8.15. The van der Waals surface area contributed by atoms with Crippen molar-refractivity contribution in [3.8, 4) is 0 Å². The minimum Gasteiger partial charge on any atom is -0.400 e. The predicted molar refractivity (Wildman–Crippen MR) is 101 cm³/mol. The number of hydrogen-bond acceptors (Lipinski definition) is 8. The lowest BCUT2D eigenvalue weighted by Crippen LogP contribution is -2.15. The standard InChI is InChI=1S/C13H17N3OS.C3H8O2.CH4O/c1-7-4-8(2)17-11(7)12-10-9(5-18-12)13(14-3)16-6-15-10;1-3(2,4)5;1-2/h5-8,11H,4H2,1-3H3,(H,14,15,16);4-5H,1-2H3;2H,1H3. The zero-order valence-electron chi connectivity index (χ0n) is 15.6. The van der Waals surface area contributed by atoms with Crippen molar-refractivity contribution in [3.63, 3.8) is 0 Å². The Bertz CT molecular complexity index is 651. The zero-order valence-corrected chi connectivity index (χ0v) is 16.5. The fourth-order valence-electron chi connectivity index (χ4n) is 2.69. The smallest absolute Gasteiger partial charge is 0.156 e. The van der Waals surface area contributed by atoms with Crippen LogP contribution in [0.15, 0.2) is 11.7 Å². The van der Waals surface area contributed by atoms with Gasteiger partial charge in [0.25, 0.3) is 0 Å². The molecule has 25 heavy (non-hydrogen) atoms. The van der Waals surface area contributed by atoms with Gasteiger partial charge in [-0.3, -0.25) is 0 Å². The van der Waals surface area contributed by atoms with Crippen molar-refractivity contribution in [1.29, 1.82) is 0 Å². The minimum atomic E-state index is -1.50. The van der Waals surface area contributed by atoms with Crippen LogP contribution in [0.1, 0.15) is 45.1 Å². The second-order valence-corrected chi connectivity index (χ2v) is 7.32. The Labute approximate surface area is 152 Å². The van der Waals surface area contributed by atoms with Gasteiger partial charge in [-0.1, -0.05) is 6.92 Å². The van der Waals surface area contributed by atoms with Gasteiger partial charge in [0, 0.05) is 19.5 Å². The Balaban J connectivity index is 0.000000388. The van der Waals surface area contributed by atoms with Crippen molar-refractivity contribution in [2.45, 2.75) is 52.1 Å². The molecule has 0 aliphatic carbocycles. The summed E-state index contributed by atoms with van der Waals surface area (Å²) in [7, 11) is 2.88. The Kier molecular flexibility index (Phi) is 8.17. The normalized spacial score (nSPS) is 22.7. The van der Waals surface area contributed by atoms with Crippen LogP contribution in [0.5, 0.6) is 0 Å². The number of anilines is 1. The Morgan fingerprint density at radius 1 is 1.24 bits per heavy atom. The molecule has 2 aromatic heterocycles. The number of hydrogen-bond donors (Lipinski definition) is 4. The van der Waals surface area contributed by atoms with Crippen LogP contribution >= 0.6 is 11.3 Å². The third-order valence-corrected chi connectivity index (χ3v) is 4.55. The van der Waals surface area contributed by atoms with Crippen molar-refractivity contribution < 1.29 is 20.1 Å². The topological polar surface area (TPSA) is 108 Å². The van der Waals surface area contributed by atoms with E-state index in [2.05, 4.69) is 34.5 Å². The molecule has 0 saturated carbocycles. The molecule has 1 fully saturated rings. The first-order chi connectivity index (χ1) is 11.7. The van der Waals surface area contributed by atoms with E-state index in [-0.39, 0.29) is 6.10 Å². The summed E-state index contributed by atoms with van der Waals surface area (Å²) in [6.07, 6.45) is 3.26. The van der Waals surface area contributed by atoms with E-state index in [9.17, 15) is 0 Å². The maximum atomic E-state index is 8.08. The third kappa shape index (κ3) is 6.16. The van der Waals surface area contributed by atoms with Gasteiger partial charge >= 0.3 is 0 Å². The van der Waals surface area contributed by atoms with E-state index < -0.39 is 5.79 Å². The predicted octanol–water partition coefficient (Wildman–Crippen LogP) is 2.53. The zero-order chi connectivity index (χ0) is 19.2. The Hall–Kier alpha value is -1.32. The van der Waals surface area contributed by atoms with Gasteiger partial charge in [0.1, 0.15) is 12.1 Å². The van der Waals surface area contributed by atoms with Crippen LogP contribution in [0, 0.1) is 5.92 Å². The second-order valence-electron chi connectivity index (χ2n) is 6.41. The lowest BCUT2D eigenvalue weighted by atomic mass is 10.0.